The van der Waals surface area contributed by atoms with Gasteiger partial charge in [0.2, 0.25) is 5.91 Å². The predicted molar refractivity (Wildman–Crippen MR) is 143 cm³/mol. The lowest BCUT2D eigenvalue weighted by Gasteiger charge is -2.40. The van der Waals surface area contributed by atoms with Crippen LogP contribution >= 0.6 is 0 Å². The number of halogens is 6. The average molecular weight is 573 g/mol. The maximum absolute atomic E-state index is 13.7. The number of amides is 1. The molecule has 1 amide bonds. The largest absolute Gasteiger partial charge is 0.416 e. The summed E-state index contributed by atoms with van der Waals surface area (Å²) in [5.74, 6) is -0.245. The van der Waals surface area contributed by atoms with E-state index in [1.165, 1.54) is 11.9 Å². The number of carbonyl (C=O) groups is 1. The van der Waals surface area contributed by atoms with Gasteiger partial charge in [-0.25, -0.2) is 0 Å². The van der Waals surface area contributed by atoms with Gasteiger partial charge in [0.15, 0.2) is 0 Å². The molecule has 1 aliphatic rings. The Hall–Kier alpha value is -2.63. The first-order valence-corrected chi connectivity index (χ1v) is 13.6. The quantitative estimate of drug-likeness (QED) is 0.336. The van der Waals surface area contributed by atoms with Crippen LogP contribution in [0.3, 0.4) is 0 Å². The first-order chi connectivity index (χ1) is 18.8. The van der Waals surface area contributed by atoms with E-state index >= 15 is 0 Å². The molecule has 0 radical (unpaired) electrons. The summed E-state index contributed by atoms with van der Waals surface area (Å²) in [6, 6.07) is 10.2. The zero-order chi connectivity index (χ0) is 29.5. The van der Waals surface area contributed by atoms with Gasteiger partial charge in [0.05, 0.1) is 11.1 Å². The minimum atomic E-state index is -4.91. The SMILES string of the molecule is CCN(CC)CCN1CCN(C(C(=O)N(C)CCc2cc(C(F)(F)F)cc(C(F)(F)F)c2)c2ccccc2)CC1. The molecule has 5 nitrogen and oxygen atoms in total. The summed E-state index contributed by atoms with van der Waals surface area (Å²) in [6.07, 6.45) is -9.97. The van der Waals surface area contributed by atoms with Crippen LogP contribution in [0.1, 0.15) is 42.1 Å². The maximum atomic E-state index is 13.7. The van der Waals surface area contributed by atoms with Crippen molar-refractivity contribution >= 4 is 5.91 Å². The zero-order valence-electron chi connectivity index (χ0n) is 23.2. The standard InChI is InChI=1S/C29H38F6N4O/c1-4-37(5-2)13-14-38-15-17-39(18-16-38)26(23-9-7-6-8-10-23)27(40)36(3)12-11-22-19-24(28(30,31)32)21-25(20-22)29(33,34)35/h6-10,19-21,26H,4-5,11-18H2,1-3H3. The molecule has 11 heteroatoms. The molecule has 1 fully saturated rings. The number of piperazine rings is 1. The van der Waals surface area contributed by atoms with Crippen molar-refractivity contribution in [3.63, 3.8) is 0 Å². The summed E-state index contributed by atoms with van der Waals surface area (Å²) in [4.78, 5) is 21.9. The van der Waals surface area contributed by atoms with Crippen molar-refractivity contribution in [2.75, 3.05) is 66.0 Å². The number of hydrogen-bond donors (Lipinski definition) is 0. The van der Waals surface area contributed by atoms with Crippen LogP contribution in [0.25, 0.3) is 0 Å². The number of alkyl halides is 6. The Morgan fingerprint density at radius 2 is 1.40 bits per heavy atom. The lowest BCUT2D eigenvalue weighted by atomic mass is 10.0. The van der Waals surface area contributed by atoms with E-state index < -0.39 is 29.5 Å². The minimum Gasteiger partial charge on any atom is -0.344 e. The summed E-state index contributed by atoms with van der Waals surface area (Å²) < 4.78 is 79.6. The van der Waals surface area contributed by atoms with Crippen molar-refractivity contribution in [1.29, 1.82) is 0 Å². The third-order valence-electron chi connectivity index (χ3n) is 7.51. The predicted octanol–water partition coefficient (Wildman–Crippen LogP) is 5.43. The van der Waals surface area contributed by atoms with Gasteiger partial charge >= 0.3 is 12.4 Å². The molecule has 0 spiro atoms. The van der Waals surface area contributed by atoms with Crippen molar-refractivity contribution < 1.29 is 31.1 Å². The first kappa shape index (κ1) is 31.9. The molecule has 1 aliphatic heterocycles. The molecule has 2 aromatic carbocycles. The van der Waals surface area contributed by atoms with E-state index in [0.29, 0.717) is 13.1 Å². The van der Waals surface area contributed by atoms with E-state index in [0.717, 1.165) is 57.0 Å². The summed E-state index contributed by atoms with van der Waals surface area (Å²) in [7, 11) is 1.54. The molecule has 0 aromatic heterocycles. The number of rotatable bonds is 11. The van der Waals surface area contributed by atoms with E-state index in [9.17, 15) is 31.1 Å². The van der Waals surface area contributed by atoms with Gasteiger partial charge in [-0.15, -0.1) is 0 Å². The molecule has 0 aliphatic carbocycles. The second-order valence-corrected chi connectivity index (χ2v) is 10.1. The zero-order valence-corrected chi connectivity index (χ0v) is 23.2. The highest BCUT2D eigenvalue weighted by Crippen LogP contribution is 2.36. The molecule has 2 aromatic rings. The van der Waals surface area contributed by atoms with Gasteiger partial charge < -0.3 is 9.80 Å². The van der Waals surface area contributed by atoms with Crippen molar-refractivity contribution in [2.45, 2.75) is 38.7 Å². The third-order valence-corrected chi connectivity index (χ3v) is 7.51. The molecule has 0 N–H and O–H groups in total. The van der Waals surface area contributed by atoms with Crippen molar-refractivity contribution in [3.8, 4) is 0 Å². The van der Waals surface area contributed by atoms with Gasteiger partial charge in [-0.05, 0) is 48.8 Å². The fourth-order valence-electron chi connectivity index (χ4n) is 4.99. The van der Waals surface area contributed by atoms with E-state index in [1.807, 2.05) is 30.3 Å². The first-order valence-electron chi connectivity index (χ1n) is 13.6. The second kappa shape index (κ2) is 13.8. The monoisotopic (exact) mass is 572 g/mol. The number of carbonyl (C=O) groups excluding carboxylic acids is 1. The lowest BCUT2D eigenvalue weighted by molar-refractivity contribution is -0.143. The van der Waals surface area contributed by atoms with E-state index in [1.54, 1.807) is 0 Å². The van der Waals surface area contributed by atoms with Crippen LogP contribution in [-0.2, 0) is 23.6 Å². The third kappa shape index (κ3) is 8.68. The Kier molecular flexibility index (Phi) is 11.0. The van der Waals surface area contributed by atoms with Gasteiger partial charge in [0, 0.05) is 52.9 Å². The normalized spacial score (nSPS) is 16.4. The van der Waals surface area contributed by atoms with E-state index in [-0.39, 0.29) is 30.5 Å². The Labute approximate surface area is 232 Å². The summed E-state index contributed by atoms with van der Waals surface area (Å²) >= 11 is 0. The molecular formula is C29H38F6N4O. The van der Waals surface area contributed by atoms with Crippen LogP contribution in [0, 0.1) is 0 Å². The van der Waals surface area contributed by atoms with Crippen molar-refractivity contribution in [1.82, 2.24) is 19.6 Å². The number of benzene rings is 2. The van der Waals surface area contributed by atoms with Crippen LogP contribution in [0.15, 0.2) is 48.5 Å². The second-order valence-electron chi connectivity index (χ2n) is 10.1. The molecule has 1 heterocycles. The van der Waals surface area contributed by atoms with Crippen molar-refractivity contribution in [2.24, 2.45) is 0 Å². The minimum absolute atomic E-state index is 0.0232. The molecule has 0 bridgehead atoms. The maximum Gasteiger partial charge on any atom is 0.416 e. The lowest BCUT2D eigenvalue weighted by Crippen LogP contribution is -2.52. The van der Waals surface area contributed by atoms with Crippen LogP contribution in [0.4, 0.5) is 26.3 Å². The number of likely N-dealkylation sites (N-methyl/N-ethyl adjacent to an activating group) is 2. The Bertz CT molecular complexity index is 1050. The fraction of sp³-hybridized carbons (Fsp3) is 0.552. The topological polar surface area (TPSA) is 30.0 Å². The molecule has 222 valence electrons. The van der Waals surface area contributed by atoms with Crippen LogP contribution in [-0.4, -0.2) is 91.5 Å². The highest BCUT2D eigenvalue weighted by molar-refractivity contribution is 5.83. The molecule has 0 saturated carbocycles. The molecular weight excluding hydrogens is 534 g/mol. The van der Waals surface area contributed by atoms with Crippen LogP contribution < -0.4 is 0 Å². The van der Waals surface area contributed by atoms with Gasteiger partial charge in [-0.2, -0.15) is 26.3 Å². The van der Waals surface area contributed by atoms with Gasteiger partial charge in [0.1, 0.15) is 6.04 Å². The molecule has 3 rings (SSSR count). The highest BCUT2D eigenvalue weighted by atomic mass is 19.4. The smallest absolute Gasteiger partial charge is 0.344 e. The summed E-state index contributed by atoms with van der Waals surface area (Å²) in [6.45, 7) is 11.1. The Morgan fingerprint density at radius 3 is 1.90 bits per heavy atom. The van der Waals surface area contributed by atoms with Gasteiger partial charge in [-0.1, -0.05) is 44.2 Å². The Balaban J connectivity index is 1.72. The van der Waals surface area contributed by atoms with Crippen molar-refractivity contribution in [3.05, 3.63) is 70.8 Å². The average Bonchev–Trinajstić information content (AvgIpc) is 2.92. The molecule has 40 heavy (non-hydrogen) atoms. The van der Waals surface area contributed by atoms with Crippen LogP contribution in [0.5, 0.6) is 0 Å². The fourth-order valence-corrected chi connectivity index (χ4v) is 4.99. The molecule has 1 atom stereocenters. The highest BCUT2D eigenvalue weighted by Gasteiger charge is 2.37. The van der Waals surface area contributed by atoms with E-state index in [2.05, 4.69) is 28.5 Å². The van der Waals surface area contributed by atoms with Gasteiger partial charge in [0.25, 0.3) is 0 Å². The number of hydrogen-bond acceptors (Lipinski definition) is 4. The molecule has 1 saturated heterocycles. The van der Waals surface area contributed by atoms with E-state index in [4.69, 9.17) is 0 Å². The summed E-state index contributed by atoms with van der Waals surface area (Å²) in [5.41, 5.74) is -2.03. The van der Waals surface area contributed by atoms with Gasteiger partial charge in [-0.3, -0.25) is 14.6 Å². The van der Waals surface area contributed by atoms with Crippen LogP contribution in [0.2, 0.25) is 0 Å². The summed E-state index contributed by atoms with van der Waals surface area (Å²) in [5, 5.41) is 0. The Morgan fingerprint density at radius 1 is 0.850 bits per heavy atom. The number of nitrogens with zero attached hydrogens (tertiary/aromatic N) is 4. The molecule has 1 unspecified atom stereocenters.